The lowest BCUT2D eigenvalue weighted by Gasteiger charge is -2.42. The van der Waals surface area contributed by atoms with Crippen molar-refractivity contribution in [1.29, 1.82) is 0 Å². The van der Waals surface area contributed by atoms with Crippen molar-refractivity contribution in [2.45, 2.75) is 19.0 Å². The average molecular weight is 534 g/mol. The minimum atomic E-state index is -0.506. The van der Waals surface area contributed by atoms with E-state index in [1.807, 2.05) is 25.1 Å². The Hall–Kier alpha value is -4.16. The van der Waals surface area contributed by atoms with Crippen LogP contribution in [0.4, 0.5) is 27.5 Å². The number of pyridine rings is 2. The number of amides is 2. The van der Waals surface area contributed by atoms with E-state index in [-0.39, 0.29) is 23.7 Å². The number of carbonyl (C=O) groups is 2. The fraction of sp³-hybridized carbons (Fsp3) is 0.407. The van der Waals surface area contributed by atoms with Crippen LogP contribution in [0, 0.1) is 5.92 Å². The minimum Gasteiger partial charge on any atom is -0.453 e. The number of nitrogens with one attached hydrogen (secondary N) is 3. The van der Waals surface area contributed by atoms with Crippen LogP contribution in [0.1, 0.15) is 17.4 Å². The van der Waals surface area contributed by atoms with Gasteiger partial charge in [-0.25, -0.2) is 9.78 Å². The first-order valence-electron chi connectivity index (χ1n) is 13.1. The van der Waals surface area contributed by atoms with E-state index >= 15 is 0 Å². The van der Waals surface area contributed by atoms with Crippen molar-refractivity contribution in [3.63, 3.8) is 0 Å². The number of piperidine rings is 1. The minimum absolute atomic E-state index is 0.0345. The van der Waals surface area contributed by atoms with Crippen LogP contribution in [0.25, 0.3) is 10.9 Å². The molecule has 39 heavy (non-hydrogen) atoms. The first-order chi connectivity index (χ1) is 18.8. The molecule has 0 bridgehead atoms. The third-order valence-corrected chi connectivity index (χ3v) is 7.40. The summed E-state index contributed by atoms with van der Waals surface area (Å²) in [6.45, 7) is 6.78. The number of hydrogen-bond acceptors (Lipinski definition) is 10. The Morgan fingerprint density at radius 3 is 2.67 bits per heavy atom. The van der Waals surface area contributed by atoms with Crippen LogP contribution >= 0.6 is 0 Å². The van der Waals surface area contributed by atoms with Gasteiger partial charge >= 0.3 is 6.09 Å². The van der Waals surface area contributed by atoms with Crippen molar-refractivity contribution in [2.75, 3.05) is 67.2 Å². The van der Waals surface area contributed by atoms with Gasteiger partial charge in [0.05, 0.1) is 41.9 Å². The standard InChI is InChI=1S/C27H35N9O3/c1-16-14-36(15-20(29)24(16)34-27(38)39-2)23-5-6-31-13-22(23)33-26(37)25-19(28)11-17-3-4-18(12-21(17)32-25)35-9-7-30-8-10-35/h3-6,11-13,16,20,24,30H,7-10,14-15,28-29H2,1-2H3,(H,33,37)(H,34,38). The third-order valence-electron chi connectivity index (χ3n) is 7.40. The van der Waals surface area contributed by atoms with Crippen LogP contribution in [0.3, 0.4) is 0 Å². The quantitative estimate of drug-likeness (QED) is 0.324. The summed E-state index contributed by atoms with van der Waals surface area (Å²) >= 11 is 0. The highest BCUT2D eigenvalue weighted by molar-refractivity contribution is 6.09. The zero-order valence-electron chi connectivity index (χ0n) is 22.2. The molecule has 0 saturated carbocycles. The van der Waals surface area contributed by atoms with Crippen LogP contribution in [-0.2, 0) is 4.74 Å². The Bertz CT molecular complexity index is 1350. The number of ether oxygens (including phenoxy) is 1. The molecule has 12 nitrogen and oxygen atoms in total. The Kier molecular flexibility index (Phi) is 7.66. The lowest BCUT2D eigenvalue weighted by atomic mass is 9.90. The maximum atomic E-state index is 13.4. The molecule has 3 aromatic rings. The van der Waals surface area contributed by atoms with Gasteiger partial charge in [-0.05, 0) is 30.2 Å². The maximum absolute atomic E-state index is 13.4. The first kappa shape index (κ1) is 26.4. The SMILES string of the molecule is COC(=O)NC1C(C)CN(c2ccncc2NC(=O)c2nc3cc(N4CCNCC4)ccc3cc2N)CC1N. The zero-order valence-corrected chi connectivity index (χ0v) is 22.2. The number of anilines is 4. The van der Waals surface area contributed by atoms with Crippen molar-refractivity contribution >= 4 is 45.7 Å². The first-order valence-corrected chi connectivity index (χ1v) is 13.1. The molecule has 0 aliphatic carbocycles. The number of alkyl carbamates (subject to hydrolysis) is 1. The highest BCUT2D eigenvalue weighted by atomic mass is 16.5. The number of methoxy groups -OCH3 is 1. The molecule has 4 heterocycles. The van der Waals surface area contributed by atoms with Crippen LogP contribution in [0.15, 0.2) is 42.7 Å². The molecule has 2 saturated heterocycles. The van der Waals surface area contributed by atoms with Crippen molar-refractivity contribution < 1.29 is 14.3 Å². The zero-order chi connectivity index (χ0) is 27.5. The molecule has 0 spiro atoms. The summed E-state index contributed by atoms with van der Waals surface area (Å²) in [5.41, 5.74) is 16.2. The van der Waals surface area contributed by atoms with E-state index in [0.29, 0.717) is 30.0 Å². The summed E-state index contributed by atoms with van der Waals surface area (Å²) < 4.78 is 4.74. The maximum Gasteiger partial charge on any atom is 0.407 e. The number of fused-ring (bicyclic) bond motifs is 1. The number of hydrogen-bond donors (Lipinski definition) is 5. The van der Waals surface area contributed by atoms with Crippen molar-refractivity contribution in [1.82, 2.24) is 20.6 Å². The van der Waals surface area contributed by atoms with Gasteiger partial charge in [0.2, 0.25) is 0 Å². The molecule has 0 radical (unpaired) electrons. The predicted octanol–water partition coefficient (Wildman–Crippen LogP) is 1.38. The topological polar surface area (TPSA) is 164 Å². The molecule has 3 atom stereocenters. The number of nitrogen functional groups attached to an aromatic ring is 1. The van der Waals surface area contributed by atoms with E-state index in [1.54, 1.807) is 18.5 Å². The van der Waals surface area contributed by atoms with E-state index < -0.39 is 12.0 Å². The number of benzene rings is 1. The van der Waals surface area contributed by atoms with E-state index in [1.165, 1.54) is 7.11 Å². The summed E-state index contributed by atoms with van der Waals surface area (Å²) in [4.78, 5) is 38.4. The molecule has 206 valence electrons. The van der Waals surface area contributed by atoms with Crippen LogP contribution in [0.5, 0.6) is 0 Å². The van der Waals surface area contributed by atoms with Crippen molar-refractivity contribution in [2.24, 2.45) is 11.7 Å². The molecule has 2 amide bonds. The summed E-state index contributed by atoms with van der Waals surface area (Å²) in [6, 6.07) is 9.09. The van der Waals surface area contributed by atoms with E-state index in [2.05, 4.69) is 41.8 Å². The van der Waals surface area contributed by atoms with Gasteiger partial charge in [-0.1, -0.05) is 13.0 Å². The van der Waals surface area contributed by atoms with Gasteiger partial charge in [-0.3, -0.25) is 9.78 Å². The lowest BCUT2D eigenvalue weighted by Crippen LogP contribution is -2.62. The molecule has 7 N–H and O–H groups in total. The Morgan fingerprint density at radius 1 is 1.13 bits per heavy atom. The second-order valence-electron chi connectivity index (χ2n) is 10.1. The number of piperazine rings is 1. The smallest absolute Gasteiger partial charge is 0.407 e. The average Bonchev–Trinajstić information content (AvgIpc) is 2.94. The summed E-state index contributed by atoms with van der Waals surface area (Å²) in [7, 11) is 1.33. The van der Waals surface area contributed by atoms with E-state index in [9.17, 15) is 9.59 Å². The van der Waals surface area contributed by atoms with Gasteiger partial charge in [0.25, 0.3) is 5.91 Å². The molecule has 5 rings (SSSR count). The lowest BCUT2D eigenvalue weighted by molar-refractivity contribution is 0.102. The number of nitrogens with two attached hydrogens (primary N) is 2. The highest BCUT2D eigenvalue weighted by Gasteiger charge is 2.34. The van der Waals surface area contributed by atoms with Crippen LogP contribution in [0.2, 0.25) is 0 Å². The fourth-order valence-corrected chi connectivity index (χ4v) is 5.38. The fourth-order valence-electron chi connectivity index (χ4n) is 5.38. The number of carbonyl (C=O) groups excluding carboxylic acids is 2. The number of aromatic nitrogens is 2. The Labute approximate surface area is 227 Å². The van der Waals surface area contributed by atoms with Gasteiger partial charge in [-0.2, -0.15) is 0 Å². The molecule has 2 aliphatic heterocycles. The molecule has 1 aromatic carbocycles. The van der Waals surface area contributed by atoms with Gasteiger partial charge in [0.15, 0.2) is 5.69 Å². The summed E-state index contributed by atoms with van der Waals surface area (Å²) in [5, 5.41) is 10.0. The van der Waals surface area contributed by atoms with E-state index in [4.69, 9.17) is 16.2 Å². The predicted molar refractivity (Wildman–Crippen MR) is 152 cm³/mol. The Morgan fingerprint density at radius 2 is 1.92 bits per heavy atom. The normalized spacial score (nSPS) is 21.5. The molecular formula is C27H35N9O3. The van der Waals surface area contributed by atoms with Gasteiger partial charge in [-0.15, -0.1) is 0 Å². The second-order valence-corrected chi connectivity index (χ2v) is 10.1. The van der Waals surface area contributed by atoms with Crippen molar-refractivity contribution in [3.05, 3.63) is 48.4 Å². The molecule has 3 unspecified atom stereocenters. The van der Waals surface area contributed by atoms with Crippen molar-refractivity contribution in [3.8, 4) is 0 Å². The largest absolute Gasteiger partial charge is 0.453 e. The molecular weight excluding hydrogens is 498 g/mol. The molecule has 2 fully saturated rings. The third kappa shape index (κ3) is 5.66. The van der Waals surface area contributed by atoms with Gasteiger partial charge < -0.3 is 42.0 Å². The number of nitrogens with zero attached hydrogens (tertiary/aromatic N) is 4. The molecule has 12 heteroatoms. The van der Waals surface area contributed by atoms with Gasteiger partial charge in [0, 0.05) is 62.6 Å². The van der Waals surface area contributed by atoms with E-state index in [0.717, 1.165) is 42.9 Å². The van der Waals surface area contributed by atoms with Crippen LogP contribution in [-0.4, -0.2) is 80.4 Å². The van der Waals surface area contributed by atoms with Gasteiger partial charge in [0.1, 0.15) is 0 Å². The number of rotatable bonds is 5. The molecule has 2 aromatic heterocycles. The summed E-state index contributed by atoms with van der Waals surface area (Å²) in [6.07, 6.45) is 2.76. The monoisotopic (exact) mass is 533 g/mol. The van der Waals surface area contributed by atoms with Crippen LogP contribution < -0.4 is 37.2 Å². The Balaban J connectivity index is 1.36. The molecule has 2 aliphatic rings. The highest BCUT2D eigenvalue weighted by Crippen LogP contribution is 2.30. The summed E-state index contributed by atoms with van der Waals surface area (Å²) in [5.74, 6) is -0.386. The second kappa shape index (κ2) is 11.3.